The largest absolute Gasteiger partial charge is 0.467 e. The molecule has 94 valence electrons. The molecule has 1 aliphatic rings. The third-order valence-corrected chi connectivity index (χ3v) is 2.87. The summed E-state index contributed by atoms with van der Waals surface area (Å²) in [6.45, 7) is 4.09. The summed E-state index contributed by atoms with van der Waals surface area (Å²) in [5.41, 5.74) is -1.44. The molecule has 0 aliphatic carbocycles. The van der Waals surface area contributed by atoms with Crippen LogP contribution in [0.4, 0.5) is 0 Å². The number of ether oxygens (including phenoxy) is 2. The normalized spacial score (nSPS) is 21.4. The molecule has 0 aromatic rings. The van der Waals surface area contributed by atoms with E-state index in [0.717, 1.165) is 32.6 Å². The predicted molar refractivity (Wildman–Crippen MR) is 59.1 cm³/mol. The van der Waals surface area contributed by atoms with Gasteiger partial charge in [-0.15, -0.1) is 0 Å². The lowest BCUT2D eigenvalue weighted by molar-refractivity contribution is -0.159. The first-order valence-electron chi connectivity index (χ1n) is 5.65. The monoisotopic (exact) mass is 231 g/mol. The van der Waals surface area contributed by atoms with Gasteiger partial charge in [0.05, 0.1) is 7.11 Å². The zero-order valence-electron chi connectivity index (χ0n) is 9.99. The van der Waals surface area contributed by atoms with Gasteiger partial charge in [-0.3, -0.25) is 0 Å². The van der Waals surface area contributed by atoms with Gasteiger partial charge in [0.15, 0.2) is 5.60 Å². The Morgan fingerprint density at radius 1 is 1.56 bits per heavy atom. The van der Waals surface area contributed by atoms with Crippen molar-refractivity contribution in [3.63, 3.8) is 0 Å². The summed E-state index contributed by atoms with van der Waals surface area (Å²) in [5.74, 6) is -0.0332. The van der Waals surface area contributed by atoms with Crippen LogP contribution in [0.2, 0.25) is 0 Å². The van der Waals surface area contributed by atoms with Crippen LogP contribution in [0.3, 0.4) is 0 Å². The molecule has 0 saturated carbocycles. The second-order valence-electron chi connectivity index (χ2n) is 4.45. The molecule has 1 rings (SSSR count). The molecule has 1 atom stereocenters. The number of carbonyl (C=O) groups excluding carboxylic acids is 1. The van der Waals surface area contributed by atoms with E-state index in [0.29, 0.717) is 5.92 Å². The van der Waals surface area contributed by atoms with E-state index in [2.05, 4.69) is 10.1 Å². The van der Waals surface area contributed by atoms with E-state index in [-0.39, 0.29) is 6.54 Å². The van der Waals surface area contributed by atoms with Gasteiger partial charge in [-0.25, -0.2) is 4.79 Å². The molecule has 0 spiro atoms. The number of nitrogens with one attached hydrogen (secondary N) is 1. The van der Waals surface area contributed by atoms with Gasteiger partial charge in [0.1, 0.15) is 0 Å². The molecule has 0 amide bonds. The molecule has 1 saturated heterocycles. The lowest BCUT2D eigenvalue weighted by atomic mass is 10.00. The van der Waals surface area contributed by atoms with Crippen molar-refractivity contribution in [1.82, 2.24) is 5.32 Å². The number of methoxy groups -OCH3 is 1. The van der Waals surface area contributed by atoms with Crippen LogP contribution in [0.15, 0.2) is 0 Å². The highest BCUT2D eigenvalue weighted by molar-refractivity contribution is 5.78. The Balaban J connectivity index is 2.20. The van der Waals surface area contributed by atoms with E-state index in [1.165, 1.54) is 14.0 Å². The van der Waals surface area contributed by atoms with Gasteiger partial charge in [-0.1, -0.05) is 0 Å². The zero-order chi connectivity index (χ0) is 12.0. The molecule has 1 aliphatic heterocycles. The van der Waals surface area contributed by atoms with Crippen molar-refractivity contribution in [2.24, 2.45) is 5.92 Å². The van der Waals surface area contributed by atoms with Crippen molar-refractivity contribution in [2.45, 2.75) is 25.4 Å². The SMILES string of the molecule is COC(=O)C(C)(O)CNCC1CCOCC1. The fourth-order valence-electron chi connectivity index (χ4n) is 1.76. The third kappa shape index (κ3) is 4.08. The minimum absolute atomic E-state index is 0.219. The minimum Gasteiger partial charge on any atom is -0.467 e. The predicted octanol–water partition coefficient (Wildman–Crippen LogP) is -0.0734. The fourth-order valence-corrected chi connectivity index (χ4v) is 1.76. The number of hydrogen-bond acceptors (Lipinski definition) is 5. The summed E-state index contributed by atoms with van der Waals surface area (Å²) < 4.78 is 9.76. The van der Waals surface area contributed by atoms with Gasteiger partial charge in [0.25, 0.3) is 0 Å². The molecule has 16 heavy (non-hydrogen) atoms. The van der Waals surface area contributed by atoms with E-state index in [1.807, 2.05) is 0 Å². The highest BCUT2D eigenvalue weighted by Gasteiger charge is 2.31. The second kappa shape index (κ2) is 6.18. The molecule has 0 aromatic heterocycles. The van der Waals surface area contributed by atoms with Crippen molar-refractivity contribution in [3.8, 4) is 0 Å². The fraction of sp³-hybridized carbons (Fsp3) is 0.909. The maximum atomic E-state index is 11.2. The summed E-state index contributed by atoms with van der Waals surface area (Å²) >= 11 is 0. The van der Waals surface area contributed by atoms with Crippen LogP contribution in [0.25, 0.3) is 0 Å². The molecule has 5 heteroatoms. The van der Waals surface area contributed by atoms with Gasteiger partial charge >= 0.3 is 5.97 Å². The number of aliphatic hydroxyl groups is 1. The minimum atomic E-state index is -1.44. The smallest absolute Gasteiger partial charge is 0.338 e. The van der Waals surface area contributed by atoms with Gasteiger partial charge in [0, 0.05) is 19.8 Å². The quantitative estimate of drug-likeness (QED) is 0.648. The standard InChI is InChI=1S/C11H21NO4/c1-11(14,10(13)15-2)8-12-7-9-3-5-16-6-4-9/h9,12,14H,3-8H2,1-2H3. The van der Waals surface area contributed by atoms with Gasteiger partial charge < -0.3 is 19.9 Å². The summed E-state index contributed by atoms with van der Waals surface area (Å²) in [5, 5.41) is 12.9. The Morgan fingerprint density at radius 2 is 2.19 bits per heavy atom. The maximum Gasteiger partial charge on any atom is 0.338 e. The van der Waals surface area contributed by atoms with Crippen LogP contribution < -0.4 is 5.32 Å². The molecular formula is C11H21NO4. The van der Waals surface area contributed by atoms with Crippen LogP contribution in [-0.4, -0.2) is 50.1 Å². The number of esters is 1. The van der Waals surface area contributed by atoms with Crippen LogP contribution in [0.1, 0.15) is 19.8 Å². The van der Waals surface area contributed by atoms with Gasteiger partial charge in [-0.05, 0) is 32.2 Å². The van der Waals surface area contributed by atoms with Crippen molar-refractivity contribution in [1.29, 1.82) is 0 Å². The van der Waals surface area contributed by atoms with Crippen molar-refractivity contribution >= 4 is 5.97 Å². The molecule has 2 N–H and O–H groups in total. The average molecular weight is 231 g/mol. The average Bonchev–Trinajstić information content (AvgIpc) is 2.29. The molecule has 5 nitrogen and oxygen atoms in total. The van der Waals surface area contributed by atoms with Crippen LogP contribution in [0.5, 0.6) is 0 Å². The molecule has 0 radical (unpaired) electrons. The maximum absolute atomic E-state index is 11.2. The Hall–Kier alpha value is -0.650. The molecule has 1 fully saturated rings. The van der Waals surface area contributed by atoms with E-state index in [1.54, 1.807) is 0 Å². The highest BCUT2D eigenvalue weighted by atomic mass is 16.5. The third-order valence-electron chi connectivity index (χ3n) is 2.87. The van der Waals surface area contributed by atoms with Crippen molar-refractivity contribution < 1.29 is 19.4 Å². The first-order valence-corrected chi connectivity index (χ1v) is 5.65. The van der Waals surface area contributed by atoms with Crippen LogP contribution >= 0.6 is 0 Å². The molecule has 1 unspecified atom stereocenters. The Labute approximate surface area is 96.1 Å². The van der Waals surface area contributed by atoms with Crippen molar-refractivity contribution in [3.05, 3.63) is 0 Å². The lowest BCUT2D eigenvalue weighted by Gasteiger charge is -2.25. The van der Waals surface area contributed by atoms with E-state index in [9.17, 15) is 9.90 Å². The highest BCUT2D eigenvalue weighted by Crippen LogP contribution is 2.13. The van der Waals surface area contributed by atoms with Crippen LogP contribution in [-0.2, 0) is 14.3 Å². The van der Waals surface area contributed by atoms with E-state index < -0.39 is 11.6 Å². The van der Waals surface area contributed by atoms with Crippen LogP contribution in [0, 0.1) is 5.92 Å². The number of carbonyl (C=O) groups is 1. The summed E-state index contributed by atoms with van der Waals surface area (Å²) in [4.78, 5) is 11.2. The first kappa shape index (κ1) is 13.4. The second-order valence-corrected chi connectivity index (χ2v) is 4.45. The molecule has 0 aromatic carbocycles. The van der Waals surface area contributed by atoms with Gasteiger partial charge in [0.2, 0.25) is 0 Å². The summed E-state index contributed by atoms with van der Waals surface area (Å²) in [7, 11) is 1.27. The Morgan fingerprint density at radius 3 is 2.75 bits per heavy atom. The summed E-state index contributed by atoms with van der Waals surface area (Å²) in [6.07, 6.45) is 2.07. The Kier molecular flexibility index (Phi) is 5.18. The summed E-state index contributed by atoms with van der Waals surface area (Å²) in [6, 6.07) is 0. The topological polar surface area (TPSA) is 67.8 Å². The number of rotatable bonds is 5. The van der Waals surface area contributed by atoms with E-state index >= 15 is 0 Å². The Bertz CT molecular complexity index is 224. The van der Waals surface area contributed by atoms with Crippen molar-refractivity contribution in [2.75, 3.05) is 33.4 Å². The van der Waals surface area contributed by atoms with E-state index in [4.69, 9.17) is 4.74 Å². The molecule has 0 bridgehead atoms. The first-order chi connectivity index (χ1) is 7.56. The molecular weight excluding hydrogens is 210 g/mol. The van der Waals surface area contributed by atoms with Gasteiger partial charge in [-0.2, -0.15) is 0 Å². The molecule has 1 heterocycles. The number of hydrogen-bond donors (Lipinski definition) is 2. The zero-order valence-corrected chi connectivity index (χ0v) is 9.99. The lowest BCUT2D eigenvalue weighted by Crippen LogP contribution is -2.46.